The summed E-state index contributed by atoms with van der Waals surface area (Å²) in [6.07, 6.45) is 1.78. The van der Waals surface area contributed by atoms with Crippen molar-refractivity contribution in [2.24, 2.45) is 0 Å². The fourth-order valence-electron chi connectivity index (χ4n) is 3.24. The van der Waals surface area contributed by atoms with Crippen LogP contribution in [0, 0.1) is 0 Å². The van der Waals surface area contributed by atoms with Gasteiger partial charge in [0.25, 0.3) is 0 Å². The number of nitrogens with zero attached hydrogens (tertiary/aromatic N) is 1. The molecule has 5 nitrogen and oxygen atoms in total. The number of amides is 2. The van der Waals surface area contributed by atoms with E-state index in [9.17, 15) is 9.59 Å². The van der Waals surface area contributed by atoms with Crippen molar-refractivity contribution in [3.8, 4) is 5.75 Å². The molecule has 2 aromatic rings. The van der Waals surface area contributed by atoms with Gasteiger partial charge in [-0.15, -0.1) is 11.8 Å². The topological polar surface area (TPSA) is 58.6 Å². The smallest absolute Gasteiger partial charge is 0.243 e. The van der Waals surface area contributed by atoms with E-state index in [1.54, 1.807) is 23.8 Å². The third-order valence-corrected chi connectivity index (χ3v) is 6.22. The Kier molecular flexibility index (Phi) is 10.4. The highest BCUT2D eigenvalue weighted by atomic mass is 32.2. The minimum absolute atomic E-state index is 0.0163. The van der Waals surface area contributed by atoms with E-state index in [-0.39, 0.29) is 17.9 Å². The molecule has 2 aromatic carbocycles. The average Bonchev–Trinajstić information content (AvgIpc) is 2.79. The van der Waals surface area contributed by atoms with E-state index in [0.29, 0.717) is 25.1 Å². The molecule has 1 N–H and O–H groups in total. The number of methoxy groups -OCH3 is 1. The Morgan fingerprint density at radius 2 is 1.81 bits per heavy atom. The summed E-state index contributed by atoms with van der Waals surface area (Å²) in [4.78, 5) is 29.1. The van der Waals surface area contributed by atoms with Crippen LogP contribution in [0.5, 0.6) is 5.75 Å². The van der Waals surface area contributed by atoms with E-state index in [4.69, 9.17) is 4.74 Å². The van der Waals surface area contributed by atoms with Gasteiger partial charge in [0.05, 0.1) is 7.11 Å². The van der Waals surface area contributed by atoms with Gasteiger partial charge in [-0.2, -0.15) is 0 Å². The van der Waals surface area contributed by atoms with Crippen molar-refractivity contribution in [3.63, 3.8) is 0 Å². The maximum atomic E-state index is 13.3. The molecule has 31 heavy (non-hydrogen) atoms. The van der Waals surface area contributed by atoms with Gasteiger partial charge in [-0.05, 0) is 49.6 Å². The van der Waals surface area contributed by atoms with Gasteiger partial charge in [0, 0.05) is 29.7 Å². The van der Waals surface area contributed by atoms with E-state index in [1.165, 1.54) is 0 Å². The molecule has 0 fully saturated rings. The summed E-state index contributed by atoms with van der Waals surface area (Å²) >= 11 is 1.65. The lowest BCUT2D eigenvalue weighted by Gasteiger charge is -2.31. The Bertz CT molecular complexity index is 829. The maximum Gasteiger partial charge on any atom is 0.243 e. The van der Waals surface area contributed by atoms with Crippen molar-refractivity contribution in [1.82, 2.24) is 10.2 Å². The Hall–Kier alpha value is -2.47. The van der Waals surface area contributed by atoms with E-state index in [0.717, 1.165) is 22.6 Å². The van der Waals surface area contributed by atoms with Crippen LogP contribution in [0.1, 0.15) is 45.6 Å². The molecule has 0 unspecified atom stereocenters. The number of carbonyl (C=O) groups excluding carboxylic acids is 2. The van der Waals surface area contributed by atoms with Gasteiger partial charge >= 0.3 is 0 Å². The largest absolute Gasteiger partial charge is 0.497 e. The fourth-order valence-corrected chi connectivity index (χ4v) is 4.11. The number of nitrogens with one attached hydrogen (secondary N) is 1. The molecule has 0 aliphatic heterocycles. The number of carbonyl (C=O) groups is 2. The summed E-state index contributed by atoms with van der Waals surface area (Å²) < 4.78 is 5.33. The van der Waals surface area contributed by atoms with Crippen molar-refractivity contribution in [2.45, 2.75) is 63.6 Å². The van der Waals surface area contributed by atoms with Gasteiger partial charge in [0.2, 0.25) is 11.8 Å². The van der Waals surface area contributed by atoms with E-state index in [1.807, 2.05) is 75.4 Å². The average molecular weight is 443 g/mol. The normalized spacial score (nSPS) is 12.6. The third-order valence-electron chi connectivity index (χ3n) is 5.20. The molecule has 0 spiro atoms. The first-order valence-electron chi connectivity index (χ1n) is 10.9. The van der Waals surface area contributed by atoms with E-state index in [2.05, 4.69) is 5.32 Å². The summed E-state index contributed by atoms with van der Waals surface area (Å²) in [5.41, 5.74) is 0.943. The van der Waals surface area contributed by atoms with Crippen LogP contribution in [0.4, 0.5) is 0 Å². The quantitative estimate of drug-likeness (QED) is 0.475. The van der Waals surface area contributed by atoms with Crippen LogP contribution in [0.2, 0.25) is 0 Å². The second-order valence-corrected chi connectivity index (χ2v) is 8.69. The molecular formula is C25H34N2O3S. The first kappa shape index (κ1) is 24.8. The fraction of sp³-hybridized carbons (Fsp3) is 0.440. The van der Waals surface area contributed by atoms with Gasteiger partial charge in [-0.3, -0.25) is 9.59 Å². The first-order chi connectivity index (χ1) is 15.0. The zero-order valence-corrected chi connectivity index (χ0v) is 19.8. The predicted molar refractivity (Wildman–Crippen MR) is 127 cm³/mol. The SMILES string of the molecule is CC[C@@H](C)NC(=O)[C@H](CC)N(Cc1cccc(OC)c1)C(=O)CCSc1ccccc1. The van der Waals surface area contributed by atoms with Gasteiger partial charge in [0.1, 0.15) is 11.8 Å². The van der Waals surface area contributed by atoms with E-state index >= 15 is 0 Å². The number of rotatable bonds is 12. The Labute approximate surface area is 190 Å². The van der Waals surface area contributed by atoms with Crippen LogP contribution in [0.15, 0.2) is 59.5 Å². The predicted octanol–water partition coefficient (Wildman–Crippen LogP) is 4.90. The van der Waals surface area contributed by atoms with Crippen LogP contribution < -0.4 is 10.1 Å². The molecule has 0 aliphatic rings. The number of ether oxygens (including phenoxy) is 1. The second-order valence-electron chi connectivity index (χ2n) is 7.53. The van der Waals surface area contributed by atoms with Crippen molar-refractivity contribution in [1.29, 1.82) is 0 Å². The minimum atomic E-state index is -0.505. The highest BCUT2D eigenvalue weighted by molar-refractivity contribution is 7.99. The highest BCUT2D eigenvalue weighted by Gasteiger charge is 2.29. The summed E-state index contributed by atoms with van der Waals surface area (Å²) in [7, 11) is 1.62. The standard InChI is InChI=1S/C25H34N2O3S/c1-5-19(3)26-25(29)23(6-2)27(18-20-11-10-12-21(17-20)30-4)24(28)15-16-31-22-13-8-7-9-14-22/h7-14,17,19,23H,5-6,15-16,18H2,1-4H3,(H,26,29)/t19-,23+/m1/s1. The summed E-state index contributed by atoms with van der Waals surface area (Å²) in [5.74, 6) is 1.30. The zero-order valence-electron chi connectivity index (χ0n) is 19.0. The summed E-state index contributed by atoms with van der Waals surface area (Å²) in [5, 5.41) is 3.04. The number of hydrogen-bond acceptors (Lipinski definition) is 4. The van der Waals surface area contributed by atoms with Crippen LogP contribution in [-0.2, 0) is 16.1 Å². The van der Waals surface area contributed by atoms with Gasteiger partial charge in [-0.25, -0.2) is 0 Å². The van der Waals surface area contributed by atoms with Crippen molar-refractivity contribution in [3.05, 3.63) is 60.2 Å². The molecule has 2 atom stereocenters. The molecular weight excluding hydrogens is 408 g/mol. The van der Waals surface area contributed by atoms with Crippen molar-refractivity contribution in [2.75, 3.05) is 12.9 Å². The first-order valence-corrected chi connectivity index (χ1v) is 11.9. The lowest BCUT2D eigenvalue weighted by molar-refractivity contribution is -0.141. The lowest BCUT2D eigenvalue weighted by atomic mass is 10.1. The van der Waals surface area contributed by atoms with Crippen LogP contribution in [0.3, 0.4) is 0 Å². The minimum Gasteiger partial charge on any atom is -0.497 e. The number of hydrogen-bond donors (Lipinski definition) is 1. The monoisotopic (exact) mass is 442 g/mol. The Morgan fingerprint density at radius 1 is 1.06 bits per heavy atom. The molecule has 0 saturated heterocycles. The highest BCUT2D eigenvalue weighted by Crippen LogP contribution is 2.21. The Morgan fingerprint density at radius 3 is 2.45 bits per heavy atom. The van der Waals surface area contributed by atoms with Crippen LogP contribution in [-0.4, -0.2) is 41.7 Å². The van der Waals surface area contributed by atoms with Gasteiger partial charge < -0.3 is 15.0 Å². The van der Waals surface area contributed by atoms with Crippen molar-refractivity contribution >= 4 is 23.6 Å². The van der Waals surface area contributed by atoms with E-state index < -0.39 is 6.04 Å². The molecule has 0 aromatic heterocycles. The van der Waals surface area contributed by atoms with Crippen LogP contribution >= 0.6 is 11.8 Å². The van der Waals surface area contributed by atoms with Crippen molar-refractivity contribution < 1.29 is 14.3 Å². The number of benzene rings is 2. The molecule has 6 heteroatoms. The molecule has 168 valence electrons. The van der Waals surface area contributed by atoms with Crippen LogP contribution in [0.25, 0.3) is 0 Å². The van der Waals surface area contributed by atoms with Gasteiger partial charge in [0.15, 0.2) is 0 Å². The maximum absolute atomic E-state index is 13.3. The molecule has 0 heterocycles. The summed E-state index contributed by atoms with van der Waals surface area (Å²) in [6.45, 7) is 6.34. The molecule has 2 rings (SSSR count). The second kappa shape index (κ2) is 13.1. The van der Waals surface area contributed by atoms with Gasteiger partial charge in [-0.1, -0.05) is 44.2 Å². The zero-order chi connectivity index (χ0) is 22.6. The molecule has 0 radical (unpaired) electrons. The lowest BCUT2D eigenvalue weighted by Crippen LogP contribution is -2.50. The Balaban J connectivity index is 2.16. The number of thioether (sulfide) groups is 1. The molecule has 2 amide bonds. The molecule has 0 saturated carbocycles. The molecule has 0 bridgehead atoms. The third kappa shape index (κ3) is 7.94. The molecule has 0 aliphatic carbocycles. The summed E-state index contributed by atoms with van der Waals surface area (Å²) in [6, 6.07) is 17.3.